The number of carbonyl (C=O) groups excluding carboxylic acids is 1. The molecule has 11 heteroatoms. The van der Waals surface area contributed by atoms with Crippen LogP contribution in [-0.2, 0) is 24.2 Å². The normalized spacial score (nSPS) is 21.3. The van der Waals surface area contributed by atoms with Crippen LogP contribution in [0.2, 0.25) is 5.02 Å². The van der Waals surface area contributed by atoms with Crippen molar-refractivity contribution in [2.45, 2.75) is 45.1 Å². The van der Waals surface area contributed by atoms with Gasteiger partial charge in [-0.15, -0.1) is 0 Å². The first-order valence-corrected chi connectivity index (χ1v) is 13.7. The van der Waals surface area contributed by atoms with Crippen molar-refractivity contribution in [3.8, 4) is 5.75 Å². The number of carbonyl (C=O) groups is 1. The molecule has 2 aromatic heterocycles. The molecule has 1 N–H and O–H groups in total. The van der Waals surface area contributed by atoms with E-state index in [-0.39, 0.29) is 12.3 Å². The van der Waals surface area contributed by atoms with Crippen LogP contribution in [0, 0.1) is 23.6 Å². The predicted molar refractivity (Wildman–Crippen MR) is 139 cm³/mol. The van der Waals surface area contributed by atoms with E-state index in [0.29, 0.717) is 48.4 Å². The van der Waals surface area contributed by atoms with Gasteiger partial charge in [-0.1, -0.05) is 17.7 Å². The van der Waals surface area contributed by atoms with Gasteiger partial charge in [-0.25, -0.2) is 14.4 Å². The highest BCUT2D eigenvalue weighted by Crippen LogP contribution is 2.49. The Hall–Kier alpha value is -3.27. The van der Waals surface area contributed by atoms with Crippen molar-refractivity contribution in [2.75, 3.05) is 31.1 Å². The standard InChI is InChI=1S/C27H31ClFN7O2/c28-20-14-30-27(31-15-20)35-7-3-17(4-8-35)22-11-18(22)6-10-38-21-2-1-19(23(29)13-21)12-26(37)36-9-5-24-25(16-36)33-34-32-24/h1-2,13-15,17-18,22H,3-12,16H2,(H,32,33,34)/t18-,22-/m1/s1. The Morgan fingerprint density at radius 2 is 1.92 bits per heavy atom. The van der Waals surface area contributed by atoms with Crippen molar-refractivity contribution < 1.29 is 13.9 Å². The van der Waals surface area contributed by atoms with E-state index in [2.05, 4.69) is 30.3 Å². The summed E-state index contributed by atoms with van der Waals surface area (Å²) in [6, 6.07) is 4.82. The number of anilines is 1. The average Bonchev–Trinajstić information content (AvgIpc) is 3.55. The van der Waals surface area contributed by atoms with E-state index in [0.717, 1.165) is 61.5 Å². The molecule has 3 aliphatic rings. The number of aromatic amines is 1. The Bertz CT molecular complexity index is 1280. The molecule has 6 rings (SSSR count). The van der Waals surface area contributed by atoms with E-state index in [4.69, 9.17) is 16.3 Å². The van der Waals surface area contributed by atoms with Gasteiger partial charge >= 0.3 is 0 Å². The van der Waals surface area contributed by atoms with Gasteiger partial charge < -0.3 is 14.5 Å². The van der Waals surface area contributed by atoms with Crippen LogP contribution < -0.4 is 9.64 Å². The number of benzene rings is 1. The average molecular weight is 540 g/mol. The van der Waals surface area contributed by atoms with E-state index < -0.39 is 5.82 Å². The lowest BCUT2D eigenvalue weighted by atomic mass is 9.90. The summed E-state index contributed by atoms with van der Waals surface area (Å²) in [7, 11) is 0. The number of aromatic nitrogens is 5. The van der Waals surface area contributed by atoms with Crippen LogP contribution in [0.25, 0.3) is 0 Å². The molecule has 2 aliphatic heterocycles. The first-order chi connectivity index (χ1) is 18.5. The molecule has 0 radical (unpaired) electrons. The molecule has 38 heavy (non-hydrogen) atoms. The van der Waals surface area contributed by atoms with E-state index in [1.165, 1.54) is 12.5 Å². The fraction of sp³-hybridized carbons (Fsp3) is 0.519. The molecule has 0 unspecified atom stereocenters. The summed E-state index contributed by atoms with van der Waals surface area (Å²) < 4.78 is 20.6. The smallest absolute Gasteiger partial charge is 0.227 e. The largest absolute Gasteiger partial charge is 0.493 e. The summed E-state index contributed by atoms with van der Waals surface area (Å²) in [5.74, 6) is 2.90. The van der Waals surface area contributed by atoms with Gasteiger partial charge in [0.1, 0.15) is 17.3 Å². The van der Waals surface area contributed by atoms with Crippen LogP contribution in [-0.4, -0.2) is 62.4 Å². The Kier molecular flexibility index (Phi) is 7.14. The third-order valence-corrected chi connectivity index (χ3v) is 8.35. The number of H-pyrrole nitrogens is 1. The summed E-state index contributed by atoms with van der Waals surface area (Å²) in [4.78, 5) is 25.3. The number of hydrogen-bond acceptors (Lipinski definition) is 7. The zero-order valence-electron chi connectivity index (χ0n) is 21.2. The van der Waals surface area contributed by atoms with Gasteiger partial charge in [0, 0.05) is 32.1 Å². The second-order valence-corrected chi connectivity index (χ2v) is 11.0. The quantitative estimate of drug-likeness (QED) is 0.464. The lowest BCUT2D eigenvalue weighted by Crippen LogP contribution is -2.37. The lowest BCUT2D eigenvalue weighted by Gasteiger charge is -2.32. The van der Waals surface area contributed by atoms with E-state index in [9.17, 15) is 9.18 Å². The highest BCUT2D eigenvalue weighted by atomic mass is 35.5. The summed E-state index contributed by atoms with van der Waals surface area (Å²) in [6.07, 6.45) is 8.50. The minimum Gasteiger partial charge on any atom is -0.493 e. The number of halogens is 2. The van der Waals surface area contributed by atoms with Gasteiger partial charge in [0.25, 0.3) is 0 Å². The second kappa shape index (κ2) is 10.8. The molecule has 2 atom stereocenters. The van der Waals surface area contributed by atoms with E-state index >= 15 is 0 Å². The molecule has 3 aromatic rings. The van der Waals surface area contributed by atoms with Gasteiger partial charge in [0.05, 0.1) is 42.7 Å². The molecular weight excluding hydrogens is 509 g/mol. The molecule has 2 fully saturated rings. The molecule has 1 aromatic carbocycles. The summed E-state index contributed by atoms with van der Waals surface area (Å²) in [5.41, 5.74) is 2.06. The number of rotatable bonds is 8. The number of amides is 1. The van der Waals surface area contributed by atoms with E-state index in [1.807, 2.05) is 0 Å². The number of fused-ring (bicyclic) bond motifs is 1. The maximum Gasteiger partial charge on any atom is 0.227 e. The van der Waals surface area contributed by atoms with Crippen molar-refractivity contribution in [2.24, 2.45) is 17.8 Å². The molecule has 0 bridgehead atoms. The van der Waals surface area contributed by atoms with Gasteiger partial charge in [0.15, 0.2) is 0 Å². The molecule has 1 amide bonds. The Morgan fingerprint density at radius 1 is 1.13 bits per heavy atom. The zero-order valence-corrected chi connectivity index (χ0v) is 21.9. The SMILES string of the molecule is O=C(Cc1ccc(OCC[C@@H]2C[C@@H]2C2CCN(c3ncc(Cl)cn3)CC2)cc1F)N1CCc2n[nH]nc2C1. The number of hydrogen-bond donors (Lipinski definition) is 1. The Balaban J connectivity index is 0.921. The highest BCUT2D eigenvalue weighted by molar-refractivity contribution is 6.30. The molecule has 9 nitrogen and oxygen atoms in total. The van der Waals surface area contributed by atoms with Gasteiger partial charge in [-0.2, -0.15) is 15.4 Å². The molecular formula is C27H31ClFN7O2. The van der Waals surface area contributed by atoms with Gasteiger partial charge in [0.2, 0.25) is 11.9 Å². The van der Waals surface area contributed by atoms with Crippen LogP contribution in [0.1, 0.15) is 42.6 Å². The minimum atomic E-state index is -0.407. The van der Waals surface area contributed by atoms with Crippen molar-refractivity contribution in [1.82, 2.24) is 30.3 Å². The van der Waals surface area contributed by atoms with Crippen LogP contribution >= 0.6 is 11.6 Å². The van der Waals surface area contributed by atoms with Crippen molar-refractivity contribution in [1.29, 1.82) is 0 Å². The first-order valence-electron chi connectivity index (χ1n) is 13.3. The third-order valence-electron chi connectivity index (χ3n) is 8.15. The van der Waals surface area contributed by atoms with Gasteiger partial charge in [-0.05, 0) is 55.1 Å². The topological polar surface area (TPSA) is 100 Å². The Labute approximate surface area is 225 Å². The second-order valence-electron chi connectivity index (χ2n) is 10.5. The minimum absolute atomic E-state index is 0.0199. The third kappa shape index (κ3) is 5.60. The van der Waals surface area contributed by atoms with Crippen LogP contribution in [0.4, 0.5) is 10.3 Å². The fourth-order valence-corrected chi connectivity index (χ4v) is 5.95. The van der Waals surface area contributed by atoms with Gasteiger partial charge in [-0.3, -0.25) is 4.79 Å². The molecule has 1 saturated heterocycles. The predicted octanol–water partition coefficient (Wildman–Crippen LogP) is 3.84. The molecule has 0 spiro atoms. The monoisotopic (exact) mass is 539 g/mol. The van der Waals surface area contributed by atoms with Crippen LogP contribution in [0.5, 0.6) is 5.75 Å². The zero-order chi connectivity index (χ0) is 26.1. The lowest BCUT2D eigenvalue weighted by molar-refractivity contribution is -0.131. The van der Waals surface area contributed by atoms with Crippen LogP contribution in [0.3, 0.4) is 0 Å². The van der Waals surface area contributed by atoms with E-state index in [1.54, 1.807) is 29.4 Å². The van der Waals surface area contributed by atoms with Crippen molar-refractivity contribution in [3.05, 3.63) is 58.4 Å². The molecule has 4 heterocycles. The molecule has 1 saturated carbocycles. The van der Waals surface area contributed by atoms with Crippen molar-refractivity contribution >= 4 is 23.5 Å². The van der Waals surface area contributed by atoms with Crippen molar-refractivity contribution in [3.63, 3.8) is 0 Å². The summed E-state index contributed by atoms with van der Waals surface area (Å²) in [6.45, 7) is 3.49. The number of ether oxygens (including phenoxy) is 1. The number of piperidine rings is 1. The summed E-state index contributed by atoms with van der Waals surface area (Å²) in [5, 5.41) is 11.3. The van der Waals surface area contributed by atoms with Crippen LogP contribution in [0.15, 0.2) is 30.6 Å². The molecule has 1 aliphatic carbocycles. The fourth-order valence-electron chi connectivity index (χ4n) is 5.86. The maximum absolute atomic E-state index is 14.7. The highest BCUT2D eigenvalue weighted by Gasteiger charge is 2.43. The Morgan fingerprint density at radius 3 is 2.71 bits per heavy atom. The first kappa shape index (κ1) is 25.0. The number of nitrogens with one attached hydrogen (secondary N) is 1. The summed E-state index contributed by atoms with van der Waals surface area (Å²) >= 11 is 5.90. The number of nitrogens with zero attached hydrogens (tertiary/aromatic N) is 6. The molecule has 200 valence electrons. The maximum atomic E-state index is 14.7.